The summed E-state index contributed by atoms with van der Waals surface area (Å²) in [6, 6.07) is 22.8. The average Bonchev–Trinajstić information content (AvgIpc) is 3.52. The van der Waals surface area contributed by atoms with Crippen LogP contribution in [0.3, 0.4) is 0 Å². The van der Waals surface area contributed by atoms with Crippen LogP contribution in [0.5, 0.6) is 5.75 Å². The molecule has 12 heteroatoms. The van der Waals surface area contributed by atoms with Gasteiger partial charge in [0, 0.05) is 37.4 Å². The number of amides is 4. The van der Waals surface area contributed by atoms with Gasteiger partial charge in [0.1, 0.15) is 17.4 Å². The zero-order chi connectivity index (χ0) is 36.8. The van der Waals surface area contributed by atoms with Crippen LogP contribution in [0.15, 0.2) is 84.2 Å². The van der Waals surface area contributed by atoms with E-state index in [0.717, 1.165) is 26.8 Å². The molecule has 0 aliphatic rings. The molecule has 1 heterocycles. The summed E-state index contributed by atoms with van der Waals surface area (Å²) in [6.45, 7) is 12.4. The predicted molar refractivity (Wildman–Crippen MR) is 199 cm³/mol. The topological polar surface area (TPSA) is 127 Å². The fourth-order valence-electron chi connectivity index (χ4n) is 5.46. The number of hydroxylamine groups is 1. The Kier molecular flexibility index (Phi) is 14.8. The molecule has 0 fully saturated rings. The highest BCUT2D eigenvalue weighted by Gasteiger charge is 2.34. The Hall–Kier alpha value is -4.49. The molecule has 1 aromatic heterocycles. The van der Waals surface area contributed by atoms with Crippen LogP contribution in [-0.4, -0.2) is 66.5 Å². The van der Waals surface area contributed by atoms with Crippen LogP contribution in [0.1, 0.15) is 58.2 Å². The van der Waals surface area contributed by atoms with Gasteiger partial charge in [0.2, 0.25) is 11.8 Å². The Morgan fingerprint density at radius 2 is 1.53 bits per heavy atom. The zero-order valence-corrected chi connectivity index (χ0v) is 31.1. The number of rotatable bonds is 18. The van der Waals surface area contributed by atoms with Gasteiger partial charge >= 0.3 is 6.03 Å². The van der Waals surface area contributed by atoms with Crippen molar-refractivity contribution in [2.24, 2.45) is 0 Å². The third-order valence-electron chi connectivity index (χ3n) is 7.82. The number of carbonyl (C=O) groups excluding carboxylic acids is 3. The minimum atomic E-state index is -0.987. The van der Waals surface area contributed by atoms with Gasteiger partial charge in [-0.1, -0.05) is 60.7 Å². The van der Waals surface area contributed by atoms with Gasteiger partial charge in [0.15, 0.2) is 12.9 Å². The minimum absolute atomic E-state index is 0.187. The summed E-state index contributed by atoms with van der Waals surface area (Å²) in [5.41, 5.74) is 4.57. The minimum Gasteiger partial charge on any atom is -0.488 e. The molecule has 0 saturated heterocycles. The first-order valence-electron chi connectivity index (χ1n) is 17.2. The van der Waals surface area contributed by atoms with E-state index in [-0.39, 0.29) is 31.0 Å². The van der Waals surface area contributed by atoms with Crippen molar-refractivity contribution in [1.29, 1.82) is 0 Å². The Bertz CT molecular complexity index is 1690. The summed E-state index contributed by atoms with van der Waals surface area (Å²) in [5, 5.41) is 8.65. The third-order valence-corrected chi connectivity index (χ3v) is 8.83. The molecule has 51 heavy (non-hydrogen) atoms. The molecule has 274 valence electrons. The van der Waals surface area contributed by atoms with E-state index in [1.165, 1.54) is 0 Å². The Balaban J connectivity index is 1.55. The van der Waals surface area contributed by atoms with Crippen LogP contribution < -0.4 is 20.9 Å². The lowest BCUT2D eigenvalue weighted by Crippen LogP contribution is -2.55. The van der Waals surface area contributed by atoms with Gasteiger partial charge in [-0.05, 0) is 87.2 Å². The maximum absolute atomic E-state index is 14.7. The van der Waals surface area contributed by atoms with Crippen molar-refractivity contribution in [3.63, 3.8) is 0 Å². The zero-order valence-electron chi connectivity index (χ0n) is 30.3. The number of ether oxygens (including phenoxy) is 3. The van der Waals surface area contributed by atoms with Crippen molar-refractivity contribution in [2.75, 3.05) is 19.8 Å². The van der Waals surface area contributed by atoms with Crippen LogP contribution in [0.25, 0.3) is 10.1 Å². The fraction of sp³-hybridized carbons (Fsp3) is 0.410. The SMILES string of the molecule is CCOC(OCC)C(C)N(Cc1csc2ccccc12)C(=O)C(Cc1ccc(OC(C)(C)C)cc1)NC(=O)CONC(=O)NCc1ccccc1. The van der Waals surface area contributed by atoms with Gasteiger partial charge in [-0.15, -0.1) is 11.3 Å². The summed E-state index contributed by atoms with van der Waals surface area (Å²) in [6.07, 6.45) is -0.506. The summed E-state index contributed by atoms with van der Waals surface area (Å²) in [5.74, 6) is -0.206. The molecule has 0 spiro atoms. The van der Waals surface area contributed by atoms with E-state index < -0.39 is 36.9 Å². The fourth-order valence-corrected chi connectivity index (χ4v) is 6.42. The van der Waals surface area contributed by atoms with E-state index in [1.807, 2.05) is 120 Å². The van der Waals surface area contributed by atoms with Crippen molar-refractivity contribution < 1.29 is 33.4 Å². The van der Waals surface area contributed by atoms with E-state index in [1.54, 1.807) is 16.2 Å². The van der Waals surface area contributed by atoms with Crippen LogP contribution in [0.2, 0.25) is 0 Å². The number of carbonyl (C=O) groups is 3. The molecule has 0 bridgehead atoms. The number of hydrogen-bond acceptors (Lipinski definition) is 8. The number of hydrogen-bond donors (Lipinski definition) is 3. The molecule has 2 unspecified atom stereocenters. The molecule has 4 amide bonds. The largest absolute Gasteiger partial charge is 0.488 e. The van der Waals surface area contributed by atoms with Crippen LogP contribution in [0.4, 0.5) is 4.79 Å². The van der Waals surface area contributed by atoms with Crippen LogP contribution in [-0.2, 0) is 43.4 Å². The lowest BCUT2D eigenvalue weighted by atomic mass is 10.0. The maximum atomic E-state index is 14.7. The first kappa shape index (κ1) is 39.3. The standard InChI is InChI=1S/C39H50N4O7S/c1-7-47-37(48-8-2)27(3)43(24-30-26-51-34-17-13-12-16-32(30)34)36(45)33(22-28-18-20-31(21-19-28)50-39(4,5)6)41-35(44)25-49-42-38(46)40-23-29-14-10-9-11-15-29/h9-21,26-27,33,37H,7-8,22-25H2,1-6H3,(H,41,44)(H2,40,42,46). The average molecular weight is 719 g/mol. The lowest BCUT2D eigenvalue weighted by Gasteiger charge is -2.36. The third kappa shape index (κ3) is 12.4. The highest BCUT2D eigenvalue weighted by atomic mass is 32.1. The molecule has 0 aliphatic carbocycles. The Morgan fingerprint density at radius 1 is 0.863 bits per heavy atom. The number of benzene rings is 3. The lowest BCUT2D eigenvalue weighted by molar-refractivity contribution is -0.179. The molecule has 0 saturated carbocycles. The number of fused-ring (bicyclic) bond motifs is 1. The second-order valence-electron chi connectivity index (χ2n) is 13.0. The molecule has 4 aromatic rings. The van der Waals surface area contributed by atoms with Crippen molar-refractivity contribution in [2.45, 2.75) is 85.0 Å². The summed E-state index contributed by atoms with van der Waals surface area (Å²) >= 11 is 1.61. The highest BCUT2D eigenvalue weighted by Crippen LogP contribution is 2.28. The number of thiophene rings is 1. The first-order valence-corrected chi connectivity index (χ1v) is 18.1. The van der Waals surface area contributed by atoms with Crippen molar-refractivity contribution in [3.05, 3.63) is 101 Å². The monoisotopic (exact) mass is 718 g/mol. The number of nitrogens with zero attached hydrogens (tertiary/aromatic N) is 1. The van der Waals surface area contributed by atoms with Gasteiger partial charge in [-0.2, -0.15) is 0 Å². The number of urea groups is 1. The van der Waals surface area contributed by atoms with E-state index >= 15 is 0 Å². The van der Waals surface area contributed by atoms with Gasteiger partial charge in [0.05, 0.1) is 6.04 Å². The van der Waals surface area contributed by atoms with E-state index in [9.17, 15) is 14.4 Å². The van der Waals surface area contributed by atoms with E-state index in [0.29, 0.717) is 19.0 Å². The summed E-state index contributed by atoms with van der Waals surface area (Å²) in [7, 11) is 0. The van der Waals surface area contributed by atoms with Crippen LogP contribution in [0, 0.1) is 0 Å². The molecule has 4 rings (SSSR count). The Labute approximate surface area is 304 Å². The van der Waals surface area contributed by atoms with Gasteiger partial charge in [-0.25, -0.2) is 10.3 Å². The Morgan fingerprint density at radius 3 is 2.20 bits per heavy atom. The summed E-state index contributed by atoms with van der Waals surface area (Å²) < 4.78 is 19.0. The predicted octanol–water partition coefficient (Wildman–Crippen LogP) is 6.35. The molecule has 0 radical (unpaired) electrons. The molecular weight excluding hydrogens is 669 g/mol. The first-order chi connectivity index (χ1) is 24.5. The van der Waals surface area contributed by atoms with Gasteiger partial charge in [-0.3, -0.25) is 14.4 Å². The van der Waals surface area contributed by atoms with Gasteiger partial charge in [0.25, 0.3) is 0 Å². The van der Waals surface area contributed by atoms with E-state index in [4.69, 9.17) is 19.0 Å². The summed E-state index contributed by atoms with van der Waals surface area (Å²) in [4.78, 5) is 47.2. The van der Waals surface area contributed by atoms with Gasteiger partial charge < -0.3 is 29.7 Å². The molecule has 3 aromatic carbocycles. The second kappa shape index (κ2) is 19.2. The second-order valence-corrected chi connectivity index (χ2v) is 13.9. The quantitative estimate of drug-likeness (QED) is 0.0808. The normalized spacial score (nSPS) is 12.7. The van der Waals surface area contributed by atoms with Crippen LogP contribution >= 0.6 is 11.3 Å². The highest BCUT2D eigenvalue weighted by molar-refractivity contribution is 7.17. The molecule has 0 aliphatic heterocycles. The van der Waals surface area contributed by atoms with Crippen molar-refractivity contribution in [1.82, 2.24) is 21.0 Å². The maximum Gasteiger partial charge on any atom is 0.338 e. The molecule has 11 nitrogen and oxygen atoms in total. The molecular formula is C39H50N4O7S. The van der Waals surface area contributed by atoms with Crippen molar-refractivity contribution >= 4 is 39.3 Å². The smallest absolute Gasteiger partial charge is 0.338 e. The molecule has 2 atom stereocenters. The van der Waals surface area contributed by atoms with E-state index in [2.05, 4.69) is 21.5 Å². The number of nitrogens with one attached hydrogen (secondary N) is 3. The van der Waals surface area contributed by atoms with Crippen molar-refractivity contribution in [3.8, 4) is 5.75 Å². The molecule has 3 N–H and O–H groups in total.